The predicted octanol–water partition coefficient (Wildman–Crippen LogP) is 1.71. The highest BCUT2D eigenvalue weighted by Gasteiger charge is 2.49. The zero-order valence-corrected chi connectivity index (χ0v) is 13.8. The molecule has 0 spiro atoms. The van der Waals surface area contributed by atoms with Crippen molar-refractivity contribution in [2.24, 2.45) is 11.8 Å². The molecule has 0 radical (unpaired) electrons. The molecule has 1 aliphatic carbocycles. The van der Waals surface area contributed by atoms with Crippen molar-refractivity contribution in [3.05, 3.63) is 24.0 Å². The molecule has 2 aliphatic rings. The third-order valence-electron chi connectivity index (χ3n) is 4.69. The van der Waals surface area contributed by atoms with E-state index in [9.17, 15) is 23.6 Å². The van der Waals surface area contributed by atoms with Gasteiger partial charge >= 0.3 is 12.0 Å². The molecule has 9 heteroatoms. The van der Waals surface area contributed by atoms with E-state index in [1.165, 1.54) is 12.1 Å². The van der Waals surface area contributed by atoms with Gasteiger partial charge in [0.2, 0.25) is 11.8 Å². The summed E-state index contributed by atoms with van der Waals surface area (Å²) in [5.74, 6) is -3.60. The van der Waals surface area contributed by atoms with Crippen molar-refractivity contribution in [2.75, 3.05) is 16.8 Å². The highest BCUT2D eigenvalue weighted by molar-refractivity contribution is 6.22. The molecular formula is C17H18FN3O5. The number of nitrogens with one attached hydrogen (secondary N) is 2. The lowest BCUT2D eigenvalue weighted by Crippen LogP contribution is -2.34. The number of fused-ring (bicyclic) bond motifs is 1. The molecule has 138 valence electrons. The van der Waals surface area contributed by atoms with Crippen molar-refractivity contribution >= 4 is 35.2 Å². The van der Waals surface area contributed by atoms with Gasteiger partial charge in [-0.05, 0) is 31.0 Å². The summed E-state index contributed by atoms with van der Waals surface area (Å²) in [6, 6.07) is 2.71. The van der Waals surface area contributed by atoms with E-state index < -0.39 is 48.0 Å². The maximum atomic E-state index is 14.3. The first-order valence-electron chi connectivity index (χ1n) is 8.32. The molecule has 4 amide bonds. The number of halogens is 1. The molecule has 26 heavy (non-hydrogen) atoms. The second-order valence-electron chi connectivity index (χ2n) is 6.38. The Morgan fingerprint density at radius 1 is 1.15 bits per heavy atom. The Bertz CT molecular complexity index is 758. The van der Waals surface area contributed by atoms with Crippen LogP contribution in [0, 0.1) is 17.7 Å². The number of anilines is 2. The molecule has 1 saturated carbocycles. The van der Waals surface area contributed by atoms with Gasteiger partial charge in [-0.3, -0.25) is 14.4 Å². The summed E-state index contributed by atoms with van der Waals surface area (Å²) < 4.78 is 14.3. The average Bonchev–Trinajstić information content (AvgIpc) is 2.86. The molecule has 8 nitrogen and oxygen atoms in total. The summed E-state index contributed by atoms with van der Waals surface area (Å²) in [6.07, 6.45) is 2.95. The van der Waals surface area contributed by atoms with Crippen molar-refractivity contribution < 1.29 is 28.7 Å². The molecule has 1 aromatic carbocycles. The highest BCUT2D eigenvalue weighted by atomic mass is 19.1. The smallest absolute Gasteiger partial charge is 0.323 e. The third-order valence-corrected chi connectivity index (χ3v) is 4.69. The number of amides is 4. The highest BCUT2D eigenvalue weighted by Crippen LogP contribution is 2.41. The quantitative estimate of drug-likeness (QED) is 0.704. The minimum atomic E-state index is -1.21. The molecular weight excluding hydrogens is 345 g/mol. The summed E-state index contributed by atoms with van der Waals surface area (Å²) in [7, 11) is 0. The van der Waals surface area contributed by atoms with Crippen molar-refractivity contribution in [1.29, 1.82) is 0 Å². The number of urea groups is 1. The number of rotatable bonds is 4. The molecule has 2 atom stereocenters. The van der Waals surface area contributed by atoms with Crippen LogP contribution in [0.25, 0.3) is 0 Å². The van der Waals surface area contributed by atoms with Crippen LogP contribution < -0.4 is 15.5 Å². The molecule has 3 rings (SSSR count). The first-order valence-corrected chi connectivity index (χ1v) is 8.32. The molecule has 1 aromatic rings. The molecule has 1 heterocycles. The van der Waals surface area contributed by atoms with E-state index in [2.05, 4.69) is 10.6 Å². The maximum Gasteiger partial charge on any atom is 0.323 e. The second-order valence-corrected chi connectivity index (χ2v) is 6.38. The van der Waals surface area contributed by atoms with Gasteiger partial charge in [-0.1, -0.05) is 12.8 Å². The zero-order chi connectivity index (χ0) is 18.8. The zero-order valence-electron chi connectivity index (χ0n) is 13.8. The van der Waals surface area contributed by atoms with E-state index in [0.29, 0.717) is 12.8 Å². The van der Waals surface area contributed by atoms with Gasteiger partial charge in [0.15, 0.2) is 0 Å². The predicted molar refractivity (Wildman–Crippen MR) is 89.0 cm³/mol. The standard InChI is InChI=1S/C17H18FN3O5/c18-12-6-5-9(20-17(26)19-8-14(22)23)7-13(12)21-15(24)10-3-1-2-4-11(10)16(21)25/h5-7,10-11H,1-4,8H2,(H,22,23)(H2,19,20,26). The van der Waals surface area contributed by atoms with Gasteiger partial charge in [0.05, 0.1) is 17.5 Å². The van der Waals surface area contributed by atoms with Crippen LogP contribution >= 0.6 is 0 Å². The number of benzene rings is 1. The van der Waals surface area contributed by atoms with Crippen LogP contribution in [0.3, 0.4) is 0 Å². The van der Waals surface area contributed by atoms with Crippen LogP contribution in [0.2, 0.25) is 0 Å². The van der Waals surface area contributed by atoms with E-state index in [1.807, 2.05) is 0 Å². The number of carboxylic acids is 1. The van der Waals surface area contributed by atoms with Crippen molar-refractivity contribution in [1.82, 2.24) is 5.32 Å². The molecule has 1 aliphatic heterocycles. The van der Waals surface area contributed by atoms with E-state index in [0.717, 1.165) is 23.8 Å². The summed E-state index contributed by atoms with van der Waals surface area (Å²) in [4.78, 5) is 48.1. The summed E-state index contributed by atoms with van der Waals surface area (Å²) in [6.45, 7) is -0.577. The van der Waals surface area contributed by atoms with Gasteiger partial charge < -0.3 is 15.7 Å². The first kappa shape index (κ1) is 17.8. The van der Waals surface area contributed by atoms with E-state index in [-0.39, 0.29) is 11.4 Å². The van der Waals surface area contributed by atoms with Gasteiger partial charge in [-0.2, -0.15) is 0 Å². The number of hydrogen-bond acceptors (Lipinski definition) is 4. The topological polar surface area (TPSA) is 116 Å². The van der Waals surface area contributed by atoms with Gasteiger partial charge in [0.25, 0.3) is 0 Å². The second kappa shape index (κ2) is 7.11. The lowest BCUT2D eigenvalue weighted by atomic mass is 9.81. The van der Waals surface area contributed by atoms with Crippen LogP contribution in [0.4, 0.5) is 20.6 Å². The number of imide groups is 1. The first-order chi connectivity index (χ1) is 12.4. The molecule has 3 N–H and O–H groups in total. The van der Waals surface area contributed by atoms with Gasteiger partial charge in [0, 0.05) is 5.69 Å². The van der Waals surface area contributed by atoms with Crippen LogP contribution in [0.5, 0.6) is 0 Å². The fourth-order valence-electron chi connectivity index (χ4n) is 3.49. The van der Waals surface area contributed by atoms with Gasteiger partial charge in [0.1, 0.15) is 12.4 Å². The number of aliphatic carboxylic acids is 1. The SMILES string of the molecule is O=C(O)CNC(=O)Nc1ccc(F)c(N2C(=O)C3CCCCC3C2=O)c1. The summed E-state index contributed by atoms with van der Waals surface area (Å²) in [5.41, 5.74) is -0.0646. The Hall–Kier alpha value is -2.97. The van der Waals surface area contributed by atoms with Crippen LogP contribution in [0.15, 0.2) is 18.2 Å². The Balaban J connectivity index is 1.81. The Labute approximate surface area is 148 Å². The monoisotopic (exact) mass is 363 g/mol. The van der Waals surface area contributed by atoms with Gasteiger partial charge in [-0.25, -0.2) is 14.1 Å². The number of carbonyl (C=O) groups is 4. The normalized spacial score (nSPS) is 22.1. The fourth-order valence-corrected chi connectivity index (χ4v) is 3.49. The molecule has 2 unspecified atom stereocenters. The molecule has 0 bridgehead atoms. The maximum absolute atomic E-state index is 14.3. The minimum absolute atomic E-state index is 0.139. The van der Waals surface area contributed by atoms with E-state index >= 15 is 0 Å². The largest absolute Gasteiger partial charge is 0.480 e. The van der Waals surface area contributed by atoms with Crippen LogP contribution in [-0.2, 0) is 14.4 Å². The number of nitrogens with zero attached hydrogens (tertiary/aromatic N) is 1. The number of carbonyl (C=O) groups excluding carboxylic acids is 3. The van der Waals surface area contributed by atoms with E-state index in [1.54, 1.807) is 0 Å². The van der Waals surface area contributed by atoms with Crippen molar-refractivity contribution in [3.8, 4) is 0 Å². The Kier molecular flexibility index (Phi) is 4.88. The minimum Gasteiger partial charge on any atom is -0.480 e. The lowest BCUT2D eigenvalue weighted by Gasteiger charge is -2.19. The Morgan fingerprint density at radius 2 is 1.77 bits per heavy atom. The number of hydrogen-bond donors (Lipinski definition) is 3. The summed E-state index contributed by atoms with van der Waals surface area (Å²) in [5, 5.41) is 13.0. The third kappa shape index (κ3) is 3.37. The van der Waals surface area contributed by atoms with Crippen LogP contribution in [-0.4, -0.2) is 35.5 Å². The lowest BCUT2D eigenvalue weighted by molar-refractivity contribution is -0.135. The average molecular weight is 363 g/mol. The molecule has 0 aromatic heterocycles. The summed E-state index contributed by atoms with van der Waals surface area (Å²) >= 11 is 0. The van der Waals surface area contributed by atoms with Crippen LogP contribution in [0.1, 0.15) is 25.7 Å². The van der Waals surface area contributed by atoms with E-state index in [4.69, 9.17) is 5.11 Å². The fraction of sp³-hybridized carbons (Fsp3) is 0.412. The van der Waals surface area contributed by atoms with Crippen molar-refractivity contribution in [3.63, 3.8) is 0 Å². The van der Waals surface area contributed by atoms with Crippen molar-refractivity contribution in [2.45, 2.75) is 25.7 Å². The number of carboxylic acid groups (broad SMARTS) is 1. The van der Waals surface area contributed by atoms with Gasteiger partial charge in [-0.15, -0.1) is 0 Å². The molecule has 2 fully saturated rings. The molecule has 1 saturated heterocycles. The Morgan fingerprint density at radius 3 is 2.35 bits per heavy atom.